The van der Waals surface area contributed by atoms with Gasteiger partial charge in [-0.15, -0.1) is 0 Å². The van der Waals surface area contributed by atoms with Crippen LogP contribution in [0.2, 0.25) is 0 Å². The maximum absolute atomic E-state index is 12.0. The first kappa shape index (κ1) is 23.7. The number of hydrogen-bond acceptors (Lipinski definition) is 3. The molecule has 27 heavy (non-hydrogen) atoms. The van der Waals surface area contributed by atoms with Crippen LogP contribution in [0.5, 0.6) is 0 Å². The molecule has 1 aromatic rings. The Morgan fingerprint density at radius 2 is 1.48 bits per heavy atom. The Hall–Kier alpha value is -1.36. The predicted molar refractivity (Wildman–Crippen MR) is 116 cm³/mol. The summed E-state index contributed by atoms with van der Waals surface area (Å²) in [5.74, 6) is -0.921. The van der Waals surface area contributed by atoms with Crippen molar-refractivity contribution in [2.45, 2.75) is 82.8 Å². The van der Waals surface area contributed by atoms with Crippen molar-refractivity contribution < 1.29 is 14.1 Å². The summed E-state index contributed by atoms with van der Waals surface area (Å²) >= 11 is 0. The quantitative estimate of drug-likeness (QED) is 0.344. The minimum Gasteiger partial charge on any atom is -0.478 e. The first-order valence-corrected chi connectivity index (χ1v) is 12.1. The van der Waals surface area contributed by atoms with Gasteiger partial charge in [-0.25, -0.2) is 4.79 Å². The van der Waals surface area contributed by atoms with Crippen molar-refractivity contribution in [1.82, 2.24) is 0 Å². The van der Waals surface area contributed by atoms with Gasteiger partial charge in [0.05, 0.1) is 10.8 Å². The largest absolute Gasteiger partial charge is 0.478 e. The molecule has 0 heterocycles. The number of carbonyl (C=O) groups is 1. The predicted octanol–water partition coefficient (Wildman–Crippen LogP) is 5.85. The monoisotopic (exact) mass is 395 g/mol. The van der Waals surface area contributed by atoms with Crippen molar-refractivity contribution in [3.63, 3.8) is 0 Å². The molecule has 0 aromatic heterocycles. The maximum atomic E-state index is 12.0. The summed E-state index contributed by atoms with van der Waals surface area (Å²) in [5, 5.41) is 12.4. The molecule has 0 aliphatic heterocycles. The summed E-state index contributed by atoms with van der Waals surface area (Å²) < 4.78 is 12.0. The van der Waals surface area contributed by atoms with Crippen molar-refractivity contribution in [3.8, 4) is 0 Å². The number of anilines is 1. The van der Waals surface area contributed by atoms with E-state index in [0.29, 0.717) is 6.54 Å². The molecule has 4 nitrogen and oxygen atoms in total. The van der Waals surface area contributed by atoms with Crippen molar-refractivity contribution in [2.24, 2.45) is 0 Å². The lowest BCUT2D eigenvalue weighted by molar-refractivity contribution is 0.0697. The van der Waals surface area contributed by atoms with Crippen molar-refractivity contribution >= 4 is 22.5 Å². The molecule has 5 heteroatoms. The van der Waals surface area contributed by atoms with Gasteiger partial charge in [-0.1, -0.05) is 71.1 Å². The minimum absolute atomic E-state index is 0.137. The third-order valence-electron chi connectivity index (χ3n) is 5.01. The van der Waals surface area contributed by atoms with Crippen LogP contribution in [0.3, 0.4) is 0 Å². The Kier molecular flexibility index (Phi) is 12.9. The van der Waals surface area contributed by atoms with Gasteiger partial charge in [0, 0.05) is 29.3 Å². The lowest BCUT2D eigenvalue weighted by Gasteiger charge is -2.16. The number of unbranched alkanes of at least 4 members (excludes halogenated alkanes) is 9. The summed E-state index contributed by atoms with van der Waals surface area (Å²) in [5.41, 5.74) is 1.15. The second kappa shape index (κ2) is 14.7. The van der Waals surface area contributed by atoms with E-state index in [-0.39, 0.29) is 10.8 Å². The molecule has 0 spiro atoms. The average molecular weight is 396 g/mol. The van der Waals surface area contributed by atoms with Gasteiger partial charge < -0.3 is 10.4 Å². The van der Waals surface area contributed by atoms with Gasteiger partial charge in [-0.3, -0.25) is 4.21 Å². The van der Waals surface area contributed by atoms with E-state index in [1.165, 1.54) is 57.8 Å². The van der Waals surface area contributed by atoms with Gasteiger partial charge in [-0.2, -0.15) is 0 Å². The molecule has 0 aliphatic carbocycles. The standard InChI is InChI=1S/C22H37NO3S/c1-3-4-5-6-7-8-9-10-11-12-13-21(27(2)26)18-23-20-16-14-19(15-17-20)22(24)25/h14-17,21,23H,3-13,18H2,1-2H3,(H,24,25). The summed E-state index contributed by atoms with van der Waals surface area (Å²) in [7, 11) is -0.859. The van der Waals surface area contributed by atoms with Crippen molar-refractivity contribution in [2.75, 3.05) is 18.1 Å². The van der Waals surface area contributed by atoms with Crippen LogP contribution in [0, 0.1) is 0 Å². The average Bonchev–Trinajstić information content (AvgIpc) is 2.65. The zero-order chi connectivity index (χ0) is 19.9. The number of rotatable bonds is 16. The van der Waals surface area contributed by atoms with Crippen LogP contribution in [0.25, 0.3) is 0 Å². The second-order valence-electron chi connectivity index (χ2n) is 7.35. The highest BCUT2D eigenvalue weighted by molar-refractivity contribution is 7.84. The fourth-order valence-electron chi connectivity index (χ4n) is 3.21. The van der Waals surface area contributed by atoms with E-state index in [0.717, 1.165) is 18.5 Å². The zero-order valence-electron chi connectivity index (χ0n) is 17.0. The lowest BCUT2D eigenvalue weighted by Crippen LogP contribution is -2.24. The van der Waals surface area contributed by atoms with Gasteiger partial charge in [0.15, 0.2) is 0 Å². The fraction of sp³-hybridized carbons (Fsp3) is 0.682. The van der Waals surface area contributed by atoms with Crippen molar-refractivity contribution in [1.29, 1.82) is 0 Å². The molecule has 0 amide bonds. The molecule has 0 saturated heterocycles. The molecule has 1 rings (SSSR count). The third kappa shape index (κ3) is 11.2. The number of benzene rings is 1. The van der Waals surface area contributed by atoms with Gasteiger partial charge in [0.25, 0.3) is 0 Å². The van der Waals surface area contributed by atoms with Crippen LogP contribution >= 0.6 is 0 Å². The molecule has 0 bridgehead atoms. The summed E-state index contributed by atoms with van der Waals surface area (Å²) in [4.78, 5) is 10.9. The molecule has 1 aromatic carbocycles. The topological polar surface area (TPSA) is 66.4 Å². The second-order valence-corrected chi connectivity index (χ2v) is 9.02. The highest BCUT2D eigenvalue weighted by Gasteiger charge is 2.12. The Morgan fingerprint density at radius 1 is 0.963 bits per heavy atom. The third-order valence-corrected chi connectivity index (χ3v) is 6.36. The van der Waals surface area contributed by atoms with E-state index in [1.54, 1.807) is 30.5 Å². The minimum atomic E-state index is -0.921. The Morgan fingerprint density at radius 3 is 1.96 bits per heavy atom. The van der Waals surface area contributed by atoms with Crippen LogP contribution in [0.4, 0.5) is 5.69 Å². The van der Waals surface area contributed by atoms with E-state index in [4.69, 9.17) is 5.11 Å². The Bertz CT molecular complexity index is 545. The number of aromatic carboxylic acids is 1. The molecule has 2 atom stereocenters. The molecule has 2 N–H and O–H groups in total. The van der Waals surface area contributed by atoms with Crippen LogP contribution in [0.1, 0.15) is 87.9 Å². The molecule has 0 saturated carbocycles. The smallest absolute Gasteiger partial charge is 0.335 e. The summed E-state index contributed by atoms with van der Waals surface area (Å²) in [6.45, 7) is 2.91. The van der Waals surface area contributed by atoms with E-state index >= 15 is 0 Å². The van der Waals surface area contributed by atoms with Crippen molar-refractivity contribution in [3.05, 3.63) is 29.8 Å². The van der Waals surface area contributed by atoms with Crippen LogP contribution in [-0.4, -0.2) is 33.3 Å². The lowest BCUT2D eigenvalue weighted by atomic mass is 10.1. The van der Waals surface area contributed by atoms with Crippen LogP contribution < -0.4 is 5.32 Å². The highest BCUT2D eigenvalue weighted by atomic mass is 32.2. The first-order chi connectivity index (χ1) is 13.0. The SMILES string of the molecule is CCCCCCCCCCCCC(CNc1ccc(C(=O)O)cc1)S(C)=O. The Balaban J connectivity index is 2.17. The summed E-state index contributed by atoms with van der Waals surface area (Å²) in [6.07, 6.45) is 15.8. The molecular formula is C22H37NO3S. The fourth-order valence-corrected chi connectivity index (χ4v) is 4.02. The maximum Gasteiger partial charge on any atom is 0.335 e. The van der Waals surface area contributed by atoms with Crippen LogP contribution in [0.15, 0.2) is 24.3 Å². The van der Waals surface area contributed by atoms with E-state index < -0.39 is 16.8 Å². The summed E-state index contributed by atoms with van der Waals surface area (Å²) in [6, 6.07) is 6.70. The molecule has 0 radical (unpaired) electrons. The van der Waals surface area contributed by atoms with E-state index in [9.17, 15) is 9.00 Å². The van der Waals surface area contributed by atoms with Crippen LogP contribution in [-0.2, 0) is 10.8 Å². The highest BCUT2D eigenvalue weighted by Crippen LogP contribution is 2.15. The Labute approximate surface area is 167 Å². The number of carboxylic acid groups (broad SMARTS) is 1. The number of carboxylic acids is 1. The number of nitrogens with one attached hydrogen (secondary N) is 1. The van der Waals surface area contributed by atoms with E-state index in [1.807, 2.05) is 0 Å². The molecular weight excluding hydrogens is 358 g/mol. The van der Waals surface area contributed by atoms with Gasteiger partial charge >= 0.3 is 5.97 Å². The normalized spacial score (nSPS) is 13.3. The molecule has 0 fully saturated rings. The number of hydrogen-bond donors (Lipinski definition) is 2. The van der Waals surface area contributed by atoms with Gasteiger partial charge in [0.1, 0.15) is 0 Å². The zero-order valence-corrected chi connectivity index (χ0v) is 17.9. The molecule has 0 aliphatic rings. The van der Waals surface area contributed by atoms with Gasteiger partial charge in [-0.05, 0) is 30.7 Å². The van der Waals surface area contributed by atoms with E-state index in [2.05, 4.69) is 12.2 Å². The molecule has 2 unspecified atom stereocenters. The molecule has 154 valence electrons. The van der Waals surface area contributed by atoms with Gasteiger partial charge in [0.2, 0.25) is 0 Å². The first-order valence-electron chi connectivity index (χ1n) is 10.4.